The highest BCUT2D eigenvalue weighted by atomic mass is 16.2. The number of hydrogen-bond acceptors (Lipinski definition) is 5. The van der Waals surface area contributed by atoms with Gasteiger partial charge in [0.05, 0.1) is 0 Å². The molecule has 2 N–H and O–H groups in total. The lowest BCUT2D eigenvalue weighted by molar-refractivity contribution is -0.126. The van der Waals surface area contributed by atoms with E-state index in [4.69, 9.17) is 0 Å². The minimum Gasteiger partial charge on any atom is -0.356 e. The van der Waals surface area contributed by atoms with E-state index in [2.05, 4.69) is 32.8 Å². The van der Waals surface area contributed by atoms with Crippen LogP contribution in [0.4, 0.5) is 0 Å². The molecule has 1 aromatic heterocycles. The zero-order valence-electron chi connectivity index (χ0n) is 16.3. The molecule has 8 heteroatoms. The van der Waals surface area contributed by atoms with Crippen LogP contribution in [0.5, 0.6) is 0 Å². The number of carbonyl (C=O) groups excluding carboxylic acids is 2. The first kappa shape index (κ1) is 19.8. The van der Waals surface area contributed by atoms with Crippen molar-refractivity contribution in [3.05, 3.63) is 12.7 Å². The molecule has 1 unspecified atom stereocenters. The number of hydrogen-bond donors (Lipinski definition) is 2. The van der Waals surface area contributed by atoms with Crippen molar-refractivity contribution in [1.29, 1.82) is 0 Å². The molecule has 1 saturated heterocycles. The van der Waals surface area contributed by atoms with Crippen molar-refractivity contribution in [1.82, 2.24) is 30.3 Å². The molecule has 0 spiro atoms. The predicted molar refractivity (Wildman–Crippen MR) is 102 cm³/mol. The third-order valence-corrected chi connectivity index (χ3v) is 5.98. The molecule has 1 aliphatic heterocycles. The average molecular weight is 377 g/mol. The molecule has 1 saturated carbocycles. The van der Waals surface area contributed by atoms with Gasteiger partial charge in [0.15, 0.2) is 0 Å². The number of rotatable bonds is 8. The number of aromatic nitrogens is 3. The van der Waals surface area contributed by atoms with E-state index in [1.54, 1.807) is 17.2 Å². The maximum absolute atomic E-state index is 12.4. The zero-order valence-corrected chi connectivity index (χ0v) is 16.3. The van der Waals surface area contributed by atoms with Gasteiger partial charge in [-0.3, -0.25) is 9.59 Å². The molecule has 2 amide bonds. The van der Waals surface area contributed by atoms with E-state index >= 15 is 0 Å². The number of likely N-dealkylation sites (tertiary alicyclic amines) is 1. The van der Waals surface area contributed by atoms with Gasteiger partial charge in [-0.2, -0.15) is 0 Å². The summed E-state index contributed by atoms with van der Waals surface area (Å²) in [7, 11) is 2.17. The van der Waals surface area contributed by atoms with Crippen molar-refractivity contribution in [2.45, 2.75) is 70.0 Å². The molecule has 3 rings (SSSR count). The lowest BCUT2D eigenvalue weighted by atomic mass is 9.85. The van der Waals surface area contributed by atoms with Crippen molar-refractivity contribution in [3.63, 3.8) is 0 Å². The van der Waals surface area contributed by atoms with Crippen LogP contribution in [0.1, 0.15) is 51.4 Å². The normalized spacial score (nSPS) is 26.0. The van der Waals surface area contributed by atoms with E-state index < -0.39 is 0 Å². The highest BCUT2D eigenvalue weighted by Gasteiger charge is 2.27. The summed E-state index contributed by atoms with van der Waals surface area (Å²) >= 11 is 0. The highest BCUT2D eigenvalue weighted by Crippen LogP contribution is 2.25. The van der Waals surface area contributed by atoms with E-state index in [9.17, 15) is 9.59 Å². The average Bonchev–Trinajstić information content (AvgIpc) is 3.32. The number of carbonyl (C=O) groups is 2. The van der Waals surface area contributed by atoms with Crippen molar-refractivity contribution < 1.29 is 9.59 Å². The SMILES string of the molecule is CN1CCCC1CCNC(=O)C1CCC(NC(=O)CCn2cnnc2)CC1. The first-order valence-corrected chi connectivity index (χ1v) is 10.2. The Bertz CT molecular complexity index is 597. The monoisotopic (exact) mass is 376 g/mol. The summed E-state index contributed by atoms with van der Waals surface area (Å²) in [5.41, 5.74) is 0. The summed E-state index contributed by atoms with van der Waals surface area (Å²) in [6, 6.07) is 0.809. The standard InChI is InChI=1S/C19H32N6O2/c1-24-11-2-3-17(24)8-10-20-19(27)15-4-6-16(7-5-15)23-18(26)9-12-25-13-21-22-14-25/h13-17H,2-12H2,1H3,(H,20,27)(H,23,26). The van der Waals surface area contributed by atoms with Gasteiger partial charge in [-0.15, -0.1) is 10.2 Å². The maximum Gasteiger partial charge on any atom is 0.223 e. The smallest absolute Gasteiger partial charge is 0.223 e. The fourth-order valence-electron chi connectivity index (χ4n) is 4.22. The van der Waals surface area contributed by atoms with E-state index in [-0.39, 0.29) is 23.8 Å². The lowest BCUT2D eigenvalue weighted by Gasteiger charge is -2.28. The molecule has 1 aliphatic carbocycles. The van der Waals surface area contributed by atoms with Gasteiger partial charge in [-0.05, 0) is 58.5 Å². The van der Waals surface area contributed by atoms with Gasteiger partial charge in [0.2, 0.25) is 11.8 Å². The Morgan fingerprint density at radius 2 is 1.85 bits per heavy atom. The molecule has 150 valence electrons. The molecule has 0 radical (unpaired) electrons. The first-order chi connectivity index (χ1) is 13.1. The van der Waals surface area contributed by atoms with Crippen LogP contribution in [-0.4, -0.2) is 63.7 Å². The quantitative estimate of drug-likeness (QED) is 0.705. The van der Waals surface area contributed by atoms with Crippen LogP contribution >= 0.6 is 0 Å². The largest absolute Gasteiger partial charge is 0.356 e. The zero-order chi connectivity index (χ0) is 19.1. The van der Waals surface area contributed by atoms with Crippen LogP contribution in [0.25, 0.3) is 0 Å². The van der Waals surface area contributed by atoms with Gasteiger partial charge >= 0.3 is 0 Å². The number of amides is 2. The van der Waals surface area contributed by atoms with Crippen LogP contribution in [-0.2, 0) is 16.1 Å². The third kappa shape index (κ3) is 6.02. The Morgan fingerprint density at radius 3 is 2.52 bits per heavy atom. The first-order valence-electron chi connectivity index (χ1n) is 10.2. The second kappa shape index (κ2) is 9.82. The molecule has 0 bridgehead atoms. The summed E-state index contributed by atoms with van der Waals surface area (Å²) in [5, 5.41) is 13.7. The molecular weight excluding hydrogens is 344 g/mol. The summed E-state index contributed by atoms with van der Waals surface area (Å²) in [6.07, 6.45) is 10.7. The van der Waals surface area contributed by atoms with E-state index in [1.807, 2.05) is 0 Å². The van der Waals surface area contributed by atoms with Crippen molar-refractivity contribution in [3.8, 4) is 0 Å². The molecule has 1 aromatic rings. The van der Waals surface area contributed by atoms with Gasteiger partial charge in [0.1, 0.15) is 12.7 Å². The summed E-state index contributed by atoms with van der Waals surface area (Å²) in [6.45, 7) is 2.54. The van der Waals surface area contributed by atoms with Crippen LogP contribution in [0.2, 0.25) is 0 Å². The molecular formula is C19H32N6O2. The van der Waals surface area contributed by atoms with Crippen LogP contribution in [0.3, 0.4) is 0 Å². The Hall–Kier alpha value is -1.96. The van der Waals surface area contributed by atoms with Crippen LogP contribution in [0.15, 0.2) is 12.7 Å². The topological polar surface area (TPSA) is 92.2 Å². The minimum absolute atomic E-state index is 0.0530. The minimum atomic E-state index is 0.0530. The predicted octanol–water partition coefficient (Wildman–Crippen LogP) is 0.944. The molecule has 2 heterocycles. The number of nitrogens with zero attached hydrogens (tertiary/aromatic N) is 4. The molecule has 27 heavy (non-hydrogen) atoms. The fraction of sp³-hybridized carbons (Fsp3) is 0.789. The third-order valence-electron chi connectivity index (χ3n) is 5.98. The summed E-state index contributed by atoms with van der Waals surface area (Å²) in [5.74, 6) is 0.335. The lowest BCUT2D eigenvalue weighted by Crippen LogP contribution is -2.41. The Labute approximate surface area is 161 Å². The van der Waals surface area contributed by atoms with E-state index in [0.29, 0.717) is 19.0 Å². The van der Waals surface area contributed by atoms with E-state index in [0.717, 1.165) is 38.6 Å². The number of nitrogens with one attached hydrogen (secondary N) is 2. The van der Waals surface area contributed by atoms with E-state index in [1.165, 1.54) is 19.4 Å². The molecule has 1 atom stereocenters. The molecule has 0 aromatic carbocycles. The molecule has 2 fully saturated rings. The van der Waals surface area contributed by atoms with Crippen molar-refractivity contribution in [2.75, 3.05) is 20.1 Å². The maximum atomic E-state index is 12.4. The van der Waals surface area contributed by atoms with Gasteiger partial charge < -0.3 is 20.1 Å². The Balaban J connectivity index is 1.28. The highest BCUT2D eigenvalue weighted by molar-refractivity contribution is 5.79. The van der Waals surface area contributed by atoms with Gasteiger partial charge in [-0.25, -0.2) is 0 Å². The second-order valence-electron chi connectivity index (χ2n) is 7.92. The van der Waals surface area contributed by atoms with Crippen molar-refractivity contribution in [2.24, 2.45) is 5.92 Å². The summed E-state index contributed by atoms with van der Waals surface area (Å²) < 4.78 is 1.80. The van der Waals surface area contributed by atoms with Gasteiger partial charge in [0, 0.05) is 37.5 Å². The Kier molecular flexibility index (Phi) is 7.20. The van der Waals surface area contributed by atoms with Crippen LogP contribution in [0, 0.1) is 5.92 Å². The fourth-order valence-corrected chi connectivity index (χ4v) is 4.22. The van der Waals surface area contributed by atoms with Gasteiger partial charge in [0.25, 0.3) is 0 Å². The number of aryl methyl sites for hydroxylation is 1. The molecule has 8 nitrogen and oxygen atoms in total. The van der Waals surface area contributed by atoms with Crippen molar-refractivity contribution >= 4 is 11.8 Å². The second-order valence-corrected chi connectivity index (χ2v) is 7.92. The molecule has 2 aliphatic rings. The Morgan fingerprint density at radius 1 is 1.11 bits per heavy atom. The van der Waals surface area contributed by atoms with Gasteiger partial charge in [-0.1, -0.05) is 0 Å². The van der Waals surface area contributed by atoms with Crippen LogP contribution < -0.4 is 10.6 Å². The summed E-state index contributed by atoms with van der Waals surface area (Å²) in [4.78, 5) is 26.8.